The predicted molar refractivity (Wildman–Crippen MR) is 95.8 cm³/mol. The first-order valence-electron chi connectivity index (χ1n) is 8.66. The lowest BCUT2D eigenvalue weighted by Crippen LogP contribution is -2.41. The molecule has 1 aromatic heterocycles. The molecule has 138 valence electrons. The third kappa shape index (κ3) is 3.66. The van der Waals surface area contributed by atoms with Gasteiger partial charge in [-0.3, -0.25) is 4.79 Å². The van der Waals surface area contributed by atoms with Crippen molar-refractivity contribution in [2.75, 3.05) is 6.61 Å². The van der Waals surface area contributed by atoms with Crippen molar-refractivity contribution in [3.8, 4) is 11.5 Å². The van der Waals surface area contributed by atoms with Gasteiger partial charge >= 0.3 is 13.1 Å². The van der Waals surface area contributed by atoms with Gasteiger partial charge in [-0.15, -0.1) is 10.2 Å². The Labute approximate surface area is 153 Å². The van der Waals surface area contributed by atoms with Crippen molar-refractivity contribution in [1.29, 1.82) is 0 Å². The fourth-order valence-electron chi connectivity index (χ4n) is 2.54. The lowest BCUT2D eigenvalue weighted by molar-refractivity contribution is -0.142. The van der Waals surface area contributed by atoms with E-state index in [0.29, 0.717) is 12.5 Å². The van der Waals surface area contributed by atoms with Crippen LogP contribution in [0.2, 0.25) is 0 Å². The lowest BCUT2D eigenvalue weighted by atomic mass is 9.79. The van der Waals surface area contributed by atoms with Gasteiger partial charge in [-0.25, -0.2) is 0 Å². The molecule has 2 heterocycles. The molecule has 0 N–H and O–H groups in total. The summed E-state index contributed by atoms with van der Waals surface area (Å²) in [7, 11) is -0.420. The van der Waals surface area contributed by atoms with Gasteiger partial charge < -0.3 is 18.5 Å². The van der Waals surface area contributed by atoms with Gasteiger partial charge in [-0.1, -0.05) is 12.1 Å². The van der Waals surface area contributed by atoms with E-state index in [1.165, 1.54) is 0 Å². The molecule has 0 spiro atoms. The molecule has 0 atom stereocenters. The predicted octanol–water partition coefficient (Wildman–Crippen LogP) is 2.14. The van der Waals surface area contributed by atoms with Crippen molar-refractivity contribution >= 4 is 18.6 Å². The van der Waals surface area contributed by atoms with E-state index in [4.69, 9.17) is 18.5 Å². The summed E-state index contributed by atoms with van der Waals surface area (Å²) in [5.41, 5.74) is 0.905. The normalized spacial score (nSPS) is 18.1. The Morgan fingerprint density at radius 1 is 1.08 bits per heavy atom. The van der Waals surface area contributed by atoms with Gasteiger partial charge in [-0.05, 0) is 52.2 Å². The van der Waals surface area contributed by atoms with E-state index in [0.717, 1.165) is 11.0 Å². The van der Waals surface area contributed by atoms with Gasteiger partial charge in [0.05, 0.1) is 17.8 Å². The van der Waals surface area contributed by atoms with Crippen molar-refractivity contribution in [2.45, 2.75) is 52.2 Å². The number of rotatable bonds is 5. The molecule has 8 heteroatoms. The molecule has 2 aromatic rings. The van der Waals surface area contributed by atoms with Crippen LogP contribution in [0.3, 0.4) is 0 Å². The third-order valence-electron chi connectivity index (χ3n) is 4.75. The van der Waals surface area contributed by atoms with Crippen LogP contribution >= 0.6 is 0 Å². The van der Waals surface area contributed by atoms with E-state index >= 15 is 0 Å². The van der Waals surface area contributed by atoms with Crippen LogP contribution in [0.15, 0.2) is 28.7 Å². The Morgan fingerprint density at radius 2 is 1.69 bits per heavy atom. The number of ether oxygens (including phenoxy) is 1. The summed E-state index contributed by atoms with van der Waals surface area (Å²) in [4.78, 5) is 11.5. The van der Waals surface area contributed by atoms with Crippen LogP contribution in [0.5, 0.6) is 0 Å². The average Bonchev–Trinajstić information content (AvgIpc) is 3.10. The zero-order valence-electron chi connectivity index (χ0n) is 15.7. The van der Waals surface area contributed by atoms with Crippen LogP contribution in [-0.4, -0.2) is 41.1 Å². The number of carbonyl (C=O) groups excluding carboxylic acids is 1. The molecule has 0 unspecified atom stereocenters. The summed E-state index contributed by atoms with van der Waals surface area (Å²) in [6, 6.07) is 7.55. The largest absolute Gasteiger partial charge is 0.494 e. The monoisotopic (exact) mass is 358 g/mol. The maximum Gasteiger partial charge on any atom is 0.494 e. The number of hydrogen-bond donors (Lipinski definition) is 0. The van der Waals surface area contributed by atoms with Crippen LogP contribution < -0.4 is 5.46 Å². The summed E-state index contributed by atoms with van der Waals surface area (Å²) < 4.78 is 22.5. The highest BCUT2D eigenvalue weighted by Gasteiger charge is 2.51. The molecule has 3 rings (SSSR count). The Balaban J connectivity index is 1.71. The van der Waals surface area contributed by atoms with E-state index in [9.17, 15) is 4.79 Å². The van der Waals surface area contributed by atoms with Crippen molar-refractivity contribution < 1.29 is 23.3 Å². The highest BCUT2D eigenvalue weighted by Crippen LogP contribution is 2.36. The molecule has 0 saturated carbocycles. The molecule has 1 aromatic carbocycles. The van der Waals surface area contributed by atoms with E-state index < -0.39 is 7.12 Å². The fourth-order valence-corrected chi connectivity index (χ4v) is 2.54. The summed E-state index contributed by atoms with van der Waals surface area (Å²) >= 11 is 0. The van der Waals surface area contributed by atoms with E-state index in [1.807, 2.05) is 52.0 Å². The molecule has 0 bridgehead atoms. The second-order valence-electron chi connectivity index (χ2n) is 7.19. The van der Waals surface area contributed by atoms with E-state index in [1.54, 1.807) is 6.92 Å². The van der Waals surface area contributed by atoms with E-state index in [-0.39, 0.29) is 29.5 Å². The molecule has 0 aliphatic carbocycles. The molecule has 1 saturated heterocycles. The molecule has 7 nitrogen and oxygen atoms in total. The van der Waals surface area contributed by atoms with Crippen LogP contribution in [0.25, 0.3) is 11.5 Å². The zero-order valence-corrected chi connectivity index (χ0v) is 15.7. The van der Waals surface area contributed by atoms with Gasteiger partial charge in [0.25, 0.3) is 0 Å². The Morgan fingerprint density at radius 3 is 2.27 bits per heavy atom. The number of hydrogen-bond acceptors (Lipinski definition) is 7. The number of carbonyl (C=O) groups is 1. The molecule has 0 radical (unpaired) electrons. The first kappa shape index (κ1) is 18.6. The van der Waals surface area contributed by atoms with Crippen LogP contribution in [0.1, 0.15) is 40.5 Å². The minimum absolute atomic E-state index is 0.0349. The van der Waals surface area contributed by atoms with E-state index in [2.05, 4.69) is 10.2 Å². The van der Waals surface area contributed by atoms with Crippen molar-refractivity contribution in [3.63, 3.8) is 0 Å². The quantitative estimate of drug-likeness (QED) is 0.598. The number of esters is 1. The highest BCUT2D eigenvalue weighted by atomic mass is 16.7. The molecular formula is C18H23BN2O5. The number of aromatic nitrogens is 2. The molecule has 0 amide bonds. The highest BCUT2D eigenvalue weighted by molar-refractivity contribution is 6.62. The van der Waals surface area contributed by atoms with Crippen molar-refractivity contribution in [3.05, 3.63) is 30.2 Å². The van der Waals surface area contributed by atoms with Gasteiger partial charge in [0, 0.05) is 5.56 Å². The Kier molecular flexibility index (Phi) is 4.90. The minimum atomic E-state index is -0.420. The number of benzene rings is 1. The van der Waals surface area contributed by atoms with Gasteiger partial charge in [0.15, 0.2) is 0 Å². The number of nitrogens with zero attached hydrogens (tertiary/aromatic N) is 2. The average molecular weight is 358 g/mol. The minimum Gasteiger partial charge on any atom is -0.466 e. The molecule has 1 fully saturated rings. The molecule has 1 aliphatic heterocycles. The first-order valence-corrected chi connectivity index (χ1v) is 8.66. The maximum atomic E-state index is 11.5. The van der Waals surface area contributed by atoms with Crippen molar-refractivity contribution in [2.24, 2.45) is 0 Å². The molecule has 1 aliphatic rings. The first-order chi connectivity index (χ1) is 12.2. The fraction of sp³-hybridized carbons (Fsp3) is 0.500. The lowest BCUT2D eigenvalue weighted by Gasteiger charge is -2.32. The topological polar surface area (TPSA) is 83.7 Å². The maximum absolute atomic E-state index is 11.5. The molecular weight excluding hydrogens is 335 g/mol. The van der Waals surface area contributed by atoms with Crippen LogP contribution in [0, 0.1) is 0 Å². The van der Waals surface area contributed by atoms with Crippen LogP contribution in [-0.2, 0) is 25.3 Å². The third-order valence-corrected chi connectivity index (χ3v) is 4.75. The molecule has 26 heavy (non-hydrogen) atoms. The van der Waals surface area contributed by atoms with Crippen molar-refractivity contribution in [1.82, 2.24) is 10.2 Å². The van der Waals surface area contributed by atoms with Gasteiger partial charge in [0.2, 0.25) is 11.8 Å². The summed E-state index contributed by atoms with van der Waals surface area (Å²) in [5, 5.41) is 7.87. The van der Waals surface area contributed by atoms with Crippen LogP contribution in [0.4, 0.5) is 0 Å². The Hall–Kier alpha value is -2.19. The summed E-state index contributed by atoms with van der Waals surface area (Å²) in [6.45, 7) is 10.1. The SMILES string of the molecule is CCOC(=O)Cc1nnc(-c2ccc(B3OC(C)(C)C(C)(C)O3)cc2)o1. The van der Waals surface area contributed by atoms with Gasteiger partial charge in [-0.2, -0.15) is 0 Å². The smallest absolute Gasteiger partial charge is 0.466 e. The zero-order chi connectivity index (χ0) is 18.9. The van der Waals surface area contributed by atoms with Gasteiger partial charge in [0.1, 0.15) is 6.42 Å². The Bertz CT molecular complexity index is 769. The summed E-state index contributed by atoms with van der Waals surface area (Å²) in [5.74, 6) is 0.192. The second-order valence-corrected chi connectivity index (χ2v) is 7.19. The summed E-state index contributed by atoms with van der Waals surface area (Å²) in [6.07, 6.45) is -0.0349. The second kappa shape index (κ2) is 6.85. The standard InChI is InChI=1S/C18H23BN2O5/c1-6-23-15(22)11-14-20-21-16(24-14)12-7-9-13(10-8-12)19-25-17(2,3)18(4,5)26-19/h7-10H,6,11H2,1-5H3.